The van der Waals surface area contributed by atoms with Crippen LogP contribution in [0, 0.1) is 0 Å². The lowest BCUT2D eigenvalue weighted by Gasteiger charge is -2.05. The lowest BCUT2D eigenvalue weighted by atomic mass is 10.1. The number of hydrogen-bond acceptors (Lipinski definition) is 3. The second kappa shape index (κ2) is 5.84. The quantitative estimate of drug-likeness (QED) is 0.638. The van der Waals surface area contributed by atoms with Crippen LogP contribution in [0.3, 0.4) is 0 Å². The minimum absolute atomic E-state index is 0.130. The van der Waals surface area contributed by atoms with Gasteiger partial charge in [0.2, 0.25) is 5.91 Å². The van der Waals surface area contributed by atoms with Crippen LogP contribution in [0.5, 0.6) is 0 Å². The Balaban J connectivity index is 2.93. The van der Waals surface area contributed by atoms with Gasteiger partial charge in [-0.05, 0) is 12.1 Å². The number of nitrogens with one attached hydrogen (secondary N) is 1. The number of ketones is 1. The first-order valence-electron chi connectivity index (χ1n) is 5.67. The van der Waals surface area contributed by atoms with Crippen LogP contribution in [0.15, 0.2) is 36.5 Å². The van der Waals surface area contributed by atoms with Crippen molar-refractivity contribution in [2.45, 2.75) is 6.92 Å². The van der Waals surface area contributed by atoms with Crippen LogP contribution in [0.4, 0.5) is 5.69 Å². The number of carbonyl (C=O) groups is 2. The van der Waals surface area contributed by atoms with Gasteiger partial charge in [0, 0.05) is 44.5 Å². The van der Waals surface area contributed by atoms with Gasteiger partial charge in [-0.1, -0.05) is 12.1 Å². The highest BCUT2D eigenvalue weighted by atomic mass is 16.1. The monoisotopic (exact) mass is 233 g/mol. The molecule has 17 heavy (non-hydrogen) atoms. The predicted molar refractivity (Wildman–Crippen MR) is 67.9 cm³/mol. The third kappa shape index (κ3) is 4.51. The average molecular weight is 233 g/mol. The Kier molecular flexibility index (Phi) is 3.91. The maximum absolute atomic E-state index is 11.9. The van der Waals surface area contributed by atoms with E-state index < -0.39 is 0 Å². The molecule has 0 spiro atoms. The van der Waals surface area contributed by atoms with E-state index in [1.807, 2.05) is 0 Å². The Morgan fingerprint density at radius 2 is 2.12 bits per heavy atom. The summed E-state index contributed by atoms with van der Waals surface area (Å²) in [4.78, 5) is 24.3. The van der Waals surface area contributed by atoms with E-state index in [0.29, 0.717) is 11.3 Å². The number of benzene rings is 1. The third-order valence-corrected chi connectivity index (χ3v) is 1.92. The van der Waals surface area contributed by atoms with Gasteiger partial charge >= 0.3 is 0 Å². The van der Waals surface area contributed by atoms with E-state index in [1.54, 1.807) is 38.4 Å². The second-order valence-electron chi connectivity index (χ2n) is 3.79. The van der Waals surface area contributed by atoms with E-state index in [2.05, 4.69) is 5.32 Å². The molecule has 4 heteroatoms. The molecule has 1 amide bonds. The molecule has 4 nitrogen and oxygen atoms in total. The third-order valence-electron chi connectivity index (χ3n) is 1.92. The summed E-state index contributed by atoms with van der Waals surface area (Å²) in [6, 6.07) is 6.62. The SMILES string of the molecule is [2H]C(=CC(=O)c1cccc(NC(C)=O)c1)N(C)C. The zero-order valence-electron chi connectivity index (χ0n) is 11.2. The summed E-state index contributed by atoms with van der Waals surface area (Å²) in [6.45, 7) is 1.41. The van der Waals surface area contributed by atoms with Crippen LogP contribution in [0.25, 0.3) is 0 Å². The van der Waals surface area contributed by atoms with Crippen LogP contribution in [0.2, 0.25) is 0 Å². The van der Waals surface area contributed by atoms with Gasteiger partial charge in [0.15, 0.2) is 5.78 Å². The van der Waals surface area contributed by atoms with E-state index in [4.69, 9.17) is 1.37 Å². The number of carbonyl (C=O) groups excluding carboxylic acids is 2. The molecule has 1 aromatic carbocycles. The largest absolute Gasteiger partial charge is 0.383 e. The molecule has 0 heterocycles. The zero-order chi connectivity index (χ0) is 13.7. The number of hydrogen-bond donors (Lipinski definition) is 1. The van der Waals surface area contributed by atoms with Crippen molar-refractivity contribution in [3.8, 4) is 0 Å². The Labute approximate surface area is 102 Å². The highest BCUT2D eigenvalue weighted by molar-refractivity contribution is 6.05. The lowest BCUT2D eigenvalue weighted by molar-refractivity contribution is -0.114. The first-order valence-corrected chi connectivity index (χ1v) is 5.17. The molecule has 0 aliphatic carbocycles. The van der Waals surface area contributed by atoms with E-state index in [9.17, 15) is 9.59 Å². The molecule has 0 fully saturated rings. The molecule has 0 radical (unpaired) electrons. The van der Waals surface area contributed by atoms with Crippen molar-refractivity contribution in [3.05, 3.63) is 42.1 Å². The van der Waals surface area contributed by atoms with Gasteiger partial charge in [-0.25, -0.2) is 0 Å². The normalized spacial score (nSPS) is 11.7. The highest BCUT2D eigenvalue weighted by Gasteiger charge is 2.03. The molecule has 90 valence electrons. The van der Waals surface area contributed by atoms with Crippen LogP contribution in [-0.2, 0) is 4.79 Å². The van der Waals surface area contributed by atoms with Gasteiger partial charge in [0.25, 0.3) is 0 Å². The molecule has 0 aliphatic rings. The highest BCUT2D eigenvalue weighted by Crippen LogP contribution is 2.11. The second-order valence-corrected chi connectivity index (χ2v) is 3.79. The van der Waals surface area contributed by atoms with Crippen molar-refractivity contribution in [3.63, 3.8) is 0 Å². The summed E-state index contributed by atoms with van der Waals surface area (Å²) >= 11 is 0. The Morgan fingerprint density at radius 1 is 1.41 bits per heavy atom. The summed E-state index contributed by atoms with van der Waals surface area (Å²) in [6.07, 6.45) is 1.37. The Hall–Kier alpha value is -2.10. The van der Waals surface area contributed by atoms with E-state index in [-0.39, 0.29) is 17.9 Å². The Morgan fingerprint density at radius 3 is 2.71 bits per heavy atom. The van der Waals surface area contributed by atoms with Crippen LogP contribution >= 0.6 is 0 Å². The van der Waals surface area contributed by atoms with Crippen molar-refractivity contribution in [1.82, 2.24) is 4.90 Å². The number of anilines is 1. The molecule has 0 saturated carbocycles. The van der Waals surface area contributed by atoms with E-state index in [0.717, 1.165) is 0 Å². The van der Waals surface area contributed by atoms with Crippen molar-refractivity contribution in [2.24, 2.45) is 0 Å². The van der Waals surface area contributed by atoms with Crippen molar-refractivity contribution < 1.29 is 11.0 Å². The topological polar surface area (TPSA) is 49.4 Å². The lowest BCUT2D eigenvalue weighted by Crippen LogP contribution is -2.07. The summed E-state index contributed by atoms with van der Waals surface area (Å²) in [5.41, 5.74) is 1.01. The standard InChI is InChI=1S/C13H16N2O2/c1-10(16)14-12-6-4-5-11(9-12)13(17)7-8-15(2)3/h4-9H,1-3H3,(H,14,16)/i8D. The van der Waals surface area contributed by atoms with Gasteiger partial charge < -0.3 is 10.2 Å². The van der Waals surface area contributed by atoms with Crippen molar-refractivity contribution in [1.29, 1.82) is 0 Å². The first-order chi connectivity index (χ1) is 8.40. The summed E-state index contributed by atoms with van der Waals surface area (Å²) in [5, 5.41) is 2.61. The number of allylic oxidation sites excluding steroid dienone is 1. The zero-order valence-corrected chi connectivity index (χ0v) is 10.2. The molecule has 1 N–H and O–H groups in total. The van der Waals surface area contributed by atoms with Gasteiger partial charge in [-0.15, -0.1) is 0 Å². The first kappa shape index (κ1) is 11.4. The molecule has 0 unspecified atom stereocenters. The van der Waals surface area contributed by atoms with Crippen LogP contribution < -0.4 is 5.32 Å². The molecule has 1 rings (SSSR count). The van der Waals surface area contributed by atoms with E-state index >= 15 is 0 Å². The molecular weight excluding hydrogens is 216 g/mol. The fourth-order valence-electron chi connectivity index (χ4n) is 1.22. The molecular formula is C13H16N2O2. The average Bonchev–Trinajstić information content (AvgIpc) is 2.28. The maximum atomic E-state index is 11.9. The number of amides is 1. The van der Waals surface area contributed by atoms with Gasteiger partial charge in [0.1, 0.15) is 0 Å². The van der Waals surface area contributed by atoms with E-state index in [1.165, 1.54) is 17.9 Å². The summed E-state index contributed by atoms with van der Waals surface area (Å²) in [5.74, 6) is -0.453. The molecule has 0 aromatic heterocycles. The Bertz CT molecular complexity index is 496. The van der Waals surface area contributed by atoms with Gasteiger partial charge in [-0.3, -0.25) is 9.59 Å². The maximum Gasteiger partial charge on any atom is 0.221 e. The minimum Gasteiger partial charge on any atom is -0.383 e. The van der Waals surface area contributed by atoms with Crippen molar-refractivity contribution >= 4 is 17.4 Å². The summed E-state index contributed by atoms with van der Waals surface area (Å²) in [7, 11) is 3.39. The predicted octanol–water partition coefficient (Wildman–Crippen LogP) is 1.90. The number of rotatable bonds is 4. The molecule has 0 aliphatic heterocycles. The minimum atomic E-state index is -0.263. The number of nitrogens with zero attached hydrogens (tertiary/aromatic N) is 1. The molecule has 0 atom stereocenters. The van der Waals surface area contributed by atoms with Gasteiger partial charge in [-0.2, -0.15) is 0 Å². The molecule has 0 saturated heterocycles. The molecule has 0 bridgehead atoms. The van der Waals surface area contributed by atoms with Crippen LogP contribution in [-0.4, -0.2) is 30.7 Å². The van der Waals surface area contributed by atoms with Crippen LogP contribution in [0.1, 0.15) is 18.7 Å². The summed E-state index contributed by atoms with van der Waals surface area (Å²) < 4.78 is 7.57. The van der Waals surface area contributed by atoms with Gasteiger partial charge in [0.05, 0.1) is 1.37 Å². The fraction of sp³-hybridized carbons (Fsp3) is 0.231. The molecule has 1 aromatic rings. The fourth-order valence-corrected chi connectivity index (χ4v) is 1.22. The smallest absolute Gasteiger partial charge is 0.221 e. The van der Waals surface area contributed by atoms with Crippen molar-refractivity contribution in [2.75, 3.05) is 19.4 Å².